The first-order valence-electron chi connectivity index (χ1n) is 10.1. The van der Waals surface area contributed by atoms with Gasteiger partial charge in [0.1, 0.15) is 0 Å². The van der Waals surface area contributed by atoms with E-state index in [1.54, 1.807) is 0 Å². The maximum absolute atomic E-state index is 12.8. The molecule has 0 atom stereocenters. The molecule has 4 nitrogen and oxygen atoms in total. The van der Waals surface area contributed by atoms with Crippen molar-refractivity contribution in [3.63, 3.8) is 0 Å². The molecule has 25 heavy (non-hydrogen) atoms. The van der Waals surface area contributed by atoms with E-state index in [0.717, 1.165) is 38.3 Å². The maximum Gasteiger partial charge on any atom is 0.253 e. The predicted molar refractivity (Wildman–Crippen MR) is 103 cm³/mol. The largest absolute Gasteiger partial charge is 0.336 e. The minimum atomic E-state index is 0.192. The quantitative estimate of drug-likeness (QED) is 0.793. The molecule has 2 aliphatic rings. The number of carbonyl (C=O) groups is 1. The lowest BCUT2D eigenvalue weighted by molar-refractivity contribution is 0.0559. The number of benzene rings is 1. The number of carbonyl (C=O) groups excluding carboxylic acids is 1. The van der Waals surface area contributed by atoms with Gasteiger partial charge in [-0.05, 0) is 56.5 Å². The zero-order valence-electron chi connectivity index (χ0n) is 15.9. The number of amides is 1. The standard InChI is InChI=1S/C21H33N3O/c1-3-20(4-2)23-13-15-24(16-14-23)21(25)19-9-7-18(8-10-19)17-22-11-5-6-12-22/h7-10,20H,3-6,11-17H2,1-2H3. The van der Waals surface area contributed by atoms with E-state index in [0.29, 0.717) is 6.04 Å². The first kappa shape index (κ1) is 18.4. The Kier molecular flexibility index (Phi) is 6.49. The third kappa shape index (κ3) is 4.62. The molecule has 0 unspecified atom stereocenters. The smallest absolute Gasteiger partial charge is 0.253 e. The van der Waals surface area contributed by atoms with E-state index in [9.17, 15) is 4.79 Å². The van der Waals surface area contributed by atoms with Gasteiger partial charge < -0.3 is 4.90 Å². The van der Waals surface area contributed by atoms with Gasteiger partial charge in [-0.1, -0.05) is 26.0 Å². The first-order valence-corrected chi connectivity index (χ1v) is 10.1. The zero-order chi connectivity index (χ0) is 17.6. The highest BCUT2D eigenvalue weighted by molar-refractivity contribution is 5.94. The van der Waals surface area contributed by atoms with Crippen molar-refractivity contribution in [1.82, 2.24) is 14.7 Å². The molecule has 1 aromatic rings. The zero-order valence-corrected chi connectivity index (χ0v) is 15.9. The SMILES string of the molecule is CCC(CC)N1CCN(C(=O)c2ccc(CN3CCCC3)cc2)CC1. The number of rotatable bonds is 6. The summed E-state index contributed by atoms with van der Waals surface area (Å²) in [5.41, 5.74) is 2.15. The molecule has 138 valence electrons. The minimum absolute atomic E-state index is 0.192. The molecule has 0 bridgehead atoms. The number of nitrogens with zero attached hydrogens (tertiary/aromatic N) is 3. The van der Waals surface area contributed by atoms with Gasteiger partial charge in [0.2, 0.25) is 0 Å². The van der Waals surface area contributed by atoms with E-state index in [1.807, 2.05) is 17.0 Å². The van der Waals surface area contributed by atoms with Crippen molar-refractivity contribution in [3.05, 3.63) is 35.4 Å². The Bertz CT molecular complexity index is 539. The minimum Gasteiger partial charge on any atom is -0.336 e. The molecule has 2 heterocycles. The maximum atomic E-state index is 12.8. The van der Waals surface area contributed by atoms with E-state index in [1.165, 1.54) is 44.3 Å². The highest BCUT2D eigenvalue weighted by Crippen LogP contribution is 2.16. The number of likely N-dealkylation sites (tertiary alicyclic amines) is 1. The van der Waals surface area contributed by atoms with Gasteiger partial charge in [-0.3, -0.25) is 14.6 Å². The van der Waals surface area contributed by atoms with Crippen LogP contribution in [-0.2, 0) is 6.54 Å². The summed E-state index contributed by atoms with van der Waals surface area (Å²) in [6.45, 7) is 11.7. The molecule has 4 heteroatoms. The van der Waals surface area contributed by atoms with Crippen LogP contribution in [0.5, 0.6) is 0 Å². The monoisotopic (exact) mass is 343 g/mol. The summed E-state index contributed by atoms with van der Waals surface area (Å²) in [5, 5.41) is 0. The fourth-order valence-electron chi connectivity index (χ4n) is 4.23. The van der Waals surface area contributed by atoms with Crippen molar-refractivity contribution in [2.24, 2.45) is 0 Å². The topological polar surface area (TPSA) is 26.8 Å². The Labute approximate surface area is 152 Å². The lowest BCUT2D eigenvalue weighted by atomic mass is 10.1. The lowest BCUT2D eigenvalue weighted by Crippen LogP contribution is -2.51. The van der Waals surface area contributed by atoms with Crippen LogP contribution in [0.2, 0.25) is 0 Å². The molecule has 2 saturated heterocycles. The Balaban J connectivity index is 1.53. The molecule has 0 N–H and O–H groups in total. The van der Waals surface area contributed by atoms with Crippen molar-refractivity contribution in [2.75, 3.05) is 39.3 Å². The van der Waals surface area contributed by atoms with Crippen LogP contribution in [0.3, 0.4) is 0 Å². The average Bonchev–Trinajstić information content (AvgIpc) is 3.16. The van der Waals surface area contributed by atoms with Crippen LogP contribution < -0.4 is 0 Å². The second-order valence-corrected chi connectivity index (χ2v) is 7.48. The van der Waals surface area contributed by atoms with Gasteiger partial charge in [-0.25, -0.2) is 0 Å². The van der Waals surface area contributed by atoms with Crippen LogP contribution in [0.4, 0.5) is 0 Å². The number of piperazine rings is 1. The Hall–Kier alpha value is -1.39. The Morgan fingerprint density at radius 2 is 1.52 bits per heavy atom. The van der Waals surface area contributed by atoms with E-state index < -0.39 is 0 Å². The second-order valence-electron chi connectivity index (χ2n) is 7.48. The third-order valence-corrected chi connectivity index (χ3v) is 5.87. The fourth-order valence-corrected chi connectivity index (χ4v) is 4.23. The van der Waals surface area contributed by atoms with Gasteiger partial charge in [-0.2, -0.15) is 0 Å². The molecule has 0 saturated carbocycles. The summed E-state index contributed by atoms with van der Waals surface area (Å²) in [5.74, 6) is 0.192. The van der Waals surface area contributed by atoms with Gasteiger partial charge in [0.05, 0.1) is 0 Å². The normalized spacial score (nSPS) is 19.7. The highest BCUT2D eigenvalue weighted by Gasteiger charge is 2.25. The van der Waals surface area contributed by atoms with Crippen molar-refractivity contribution in [3.8, 4) is 0 Å². The molecule has 2 aliphatic heterocycles. The third-order valence-electron chi connectivity index (χ3n) is 5.87. The van der Waals surface area contributed by atoms with Crippen molar-refractivity contribution in [1.29, 1.82) is 0 Å². The molecule has 1 aromatic carbocycles. The molecule has 3 rings (SSSR count). The molecular weight excluding hydrogens is 310 g/mol. The van der Waals surface area contributed by atoms with Gasteiger partial charge in [0, 0.05) is 44.3 Å². The summed E-state index contributed by atoms with van der Waals surface area (Å²) >= 11 is 0. The van der Waals surface area contributed by atoms with Crippen LogP contribution in [-0.4, -0.2) is 65.9 Å². The molecule has 0 aromatic heterocycles. The molecule has 0 radical (unpaired) electrons. The van der Waals surface area contributed by atoms with Gasteiger partial charge in [0.15, 0.2) is 0 Å². The highest BCUT2D eigenvalue weighted by atomic mass is 16.2. The van der Waals surface area contributed by atoms with Gasteiger partial charge in [-0.15, -0.1) is 0 Å². The van der Waals surface area contributed by atoms with E-state index >= 15 is 0 Å². The Morgan fingerprint density at radius 3 is 2.08 bits per heavy atom. The van der Waals surface area contributed by atoms with Crippen LogP contribution in [0.1, 0.15) is 55.5 Å². The van der Waals surface area contributed by atoms with Gasteiger partial charge in [0.25, 0.3) is 5.91 Å². The Morgan fingerprint density at radius 1 is 0.920 bits per heavy atom. The van der Waals surface area contributed by atoms with Crippen LogP contribution in [0.15, 0.2) is 24.3 Å². The van der Waals surface area contributed by atoms with E-state index in [-0.39, 0.29) is 5.91 Å². The molecular formula is C21H33N3O. The summed E-state index contributed by atoms with van der Waals surface area (Å²) < 4.78 is 0. The van der Waals surface area contributed by atoms with Crippen LogP contribution in [0.25, 0.3) is 0 Å². The lowest BCUT2D eigenvalue weighted by Gasteiger charge is -2.38. The summed E-state index contributed by atoms with van der Waals surface area (Å²) in [4.78, 5) is 19.8. The first-order chi connectivity index (χ1) is 12.2. The summed E-state index contributed by atoms with van der Waals surface area (Å²) in [7, 11) is 0. The van der Waals surface area contributed by atoms with Crippen molar-refractivity contribution >= 4 is 5.91 Å². The average molecular weight is 344 g/mol. The summed E-state index contributed by atoms with van der Waals surface area (Å²) in [6.07, 6.45) is 5.03. The predicted octanol–water partition coefficient (Wildman–Crippen LogP) is 3.23. The molecule has 1 amide bonds. The molecule has 0 spiro atoms. The number of hydrogen-bond acceptors (Lipinski definition) is 3. The van der Waals surface area contributed by atoms with Crippen molar-refractivity contribution < 1.29 is 4.79 Å². The molecule has 2 fully saturated rings. The molecule has 0 aliphatic carbocycles. The van der Waals surface area contributed by atoms with Crippen LogP contribution in [0, 0.1) is 0 Å². The van der Waals surface area contributed by atoms with Gasteiger partial charge >= 0.3 is 0 Å². The summed E-state index contributed by atoms with van der Waals surface area (Å²) in [6, 6.07) is 8.96. The van der Waals surface area contributed by atoms with E-state index in [2.05, 4.69) is 35.8 Å². The van der Waals surface area contributed by atoms with Crippen molar-refractivity contribution in [2.45, 2.75) is 52.1 Å². The number of hydrogen-bond donors (Lipinski definition) is 0. The van der Waals surface area contributed by atoms with Crippen LogP contribution >= 0.6 is 0 Å². The van der Waals surface area contributed by atoms with E-state index in [4.69, 9.17) is 0 Å². The second kappa shape index (κ2) is 8.81. The fraction of sp³-hybridized carbons (Fsp3) is 0.667.